The fraction of sp³-hybridized carbons (Fsp3) is 0.211. The molecule has 0 radical (unpaired) electrons. The fourth-order valence-corrected chi connectivity index (χ4v) is 2.75. The Balaban J connectivity index is 1.86. The first-order valence-corrected chi connectivity index (χ1v) is 8.07. The third-order valence-corrected chi connectivity index (χ3v) is 3.99. The summed E-state index contributed by atoms with van der Waals surface area (Å²) >= 11 is 0. The average Bonchev–Trinajstić information content (AvgIpc) is 2.65. The highest BCUT2D eigenvalue weighted by Crippen LogP contribution is 2.32. The van der Waals surface area contributed by atoms with Crippen molar-refractivity contribution in [2.75, 3.05) is 19.2 Å². The molecule has 2 aromatic carbocycles. The number of nitrogens with zero attached hydrogens (tertiary/aromatic N) is 2. The number of anilines is 1. The predicted octanol–water partition coefficient (Wildman–Crippen LogP) is 4.05. The van der Waals surface area contributed by atoms with E-state index in [1.165, 1.54) is 6.20 Å². The zero-order valence-electron chi connectivity index (χ0n) is 14.6. The topological polar surface area (TPSA) is 86.5 Å². The number of ether oxygens (including phenoxy) is 2. The molecule has 0 aliphatic heterocycles. The molecule has 1 N–H and O–H groups in total. The number of hydrogen-bond acceptors (Lipinski definition) is 6. The van der Waals surface area contributed by atoms with E-state index < -0.39 is 4.92 Å². The lowest BCUT2D eigenvalue weighted by Gasteiger charge is -2.12. The minimum Gasteiger partial charge on any atom is -0.467 e. The van der Waals surface area contributed by atoms with E-state index in [0.29, 0.717) is 17.7 Å². The van der Waals surface area contributed by atoms with E-state index in [-0.39, 0.29) is 12.5 Å². The van der Waals surface area contributed by atoms with Crippen LogP contribution < -0.4 is 10.1 Å². The van der Waals surface area contributed by atoms with Crippen LogP contribution in [0.15, 0.2) is 48.7 Å². The van der Waals surface area contributed by atoms with Crippen LogP contribution in [0, 0.1) is 17.0 Å². The van der Waals surface area contributed by atoms with E-state index in [9.17, 15) is 10.1 Å². The Kier molecular flexibility index (Phi) is 5.28. The van der Waals surface area contributed by atoms with Crippen molar-refractivity contribution in [1.29, 1.82) is 0 Å². The minimum absolute atomic E-state index is 0.0412. The lowest BCUT2D eigenvalue weighted by Crippen LogP contribution is -2.05. The molecule has 0 atom stereocenters. The van der Waals surface area contributed by atoms with Gasteiger partial charge in [0.25, 0.3) is 0 Å². The molecule has 0 aliphatic carbocycles. The Morgan fingerprint density at radius 2 is 2.04 bits per heavy atom. The van der Waals surface area contributed by atoms with Crippen molar-refractivity contribution in [3.8, 4) is 5.75 Å². The van der Waals surface area contributed by atoms with Crippen molar-refractivity contribution < 1.29 is 14.4 Å². The average molecular weight is 353 g/mol. The lowest BCUT2D eigenvalue weighted by molar-refractivity contribution is -0.384. The number of hydrogen-bond donors (Lipinski definition) is 1. The van der Waals surface area contributed by atoms with Gasteiger partial charge in [-0.25, -0.2) is 4.98 Å². The quantitative estimate of drug-likeness (QED) is 0.392. The predicted molar refractivity (Wildman–Crippen MR) is 99.4 cm³/mol. The maximum atomic E-state index is 11.4. The van der Waals surface area contributed by atoms with Gasteiger partial charge in [0.1, 0.15) is 17.6 Å². The molecule has 3 rings (SSSR count). The minimum atomic E-state index is -0.422. The zero-order valence-corrected chi connectivity index (χ0v) is 14.6. The number of methoxy groups -OCH3 is 1. The number of pyridine rings is 1. The van der Waals surface area contributed by atoms with Crippen LogP contribution in [0.5, 0.6) is 5.75 Å². The highest BCUT2D eigenvalue weighted by atomic mass is 16.7. The zero-order chi connectivity index (χ0) is 18.5. The van der Waals surface area contributed by atoms with Crippen LogP contribution in [-0.4, -0.2) is 23.8 Å². The number of nitro groups is 1. The highest BCUT2D eigenvalue weighted by molar-refractivity contribution is 5.95. The summed E-state index contributed by atoms with van der Waals surface area (Å²) in [6.45, 7) is 2.58. The van der Waals surface area contributed by atoms with Crippen molar-refractivity contribution in [2.45, 2.75) is 13.5 Å². The molecule has 7 heteroatoms. The first-order valence-electron chi connectivity index (χ1n) is 8.07. The number of aryl methyl sites for hydroxylation is 1. The van der Waals surface area contributed by atoms with E-state index in [0.717, 1.165) is 22.3 Å². The smallest absolute Gasteiger partial charge is 0.311 e. The Morgan fingerprint density at radius 1 is 1.23 bits per heavy atom. The molecule has 0 saturated carbocycles. The van der Waals surface area contributed by atoms with Crippen LogP contribution in [0.4, 0.5) is 11.4 Å². The standard InChI is InChI=1S/C19H19N3O4/c1-13-9-14(7-8-18(13)26-12-25-2)10-21-19-15-5-3-4-6-16(15)20-11-17(19)22(23)24/h3-9,11H,10,12H2,1-2H3,(H,20,21). The van der Waals surface area contributed by atoms with E-state index in [4.69, 9.17) is 9.47 Å². The largest absolute Gasteiger partial charge is 0.467 e. The van der Waals surface area contributed by atoms with E-state index in [2.05, 4.69) is 10.3 Å². The second-order valence-electron chi connectivity index (χ2n) is 5.80. The number of fused-ring (bicyclic) bond motifs is 1. The summed E-state index contributed by atoms with van der Waals surface area (Å²) in [5.74, 6) is 0.746. The van der Waals surface area contributed by atoms with Gasteiger partial charge in [0.2, 0.25) is 0 Å². The monoisotopic (exact) mass is 353 g/mol. The summed E-state index contributed by atoms with van der Waals surface area (Å²) in [5, 5.41) is 15.3. The van der Waals surface area contributed by atoms with Gasteiger partial charge in [0, 0.05) is 19.0 Å². The molecule has 0 amide bonds. The van der Waals surface area contributed by atoms with Gasteiger partial charge in [-0.3, -0.25) is 10.1 Å². The third-order valence-electron chi connectivity index (χ3n) is 3.99. The molecule has 1 aromatic heterocycles. The maximum absolute atomic E-state index is 11.4. The first kappa shape index (κ1) is 17.6. The number of para-hydroxylation sites is 1. The molecule has 0 spiro atoms. The number of nitrogens with one attached hydrogen (secondary N) is 1. The van der Waals surface area contributed by atoms with Gasteiger partial charge in [0.05, 0.1) is 10.4 Å². The molecule has 0 fully saturated rings. The van der Waals surface area contributed by atoms with Crippen molar-refractivity contribution in [3.63, 3.8) is 0 Å². The summed E-state index contributed by atoms with van der Waals surface area (Å²) in [4.78, 5) is 15.1. The van der Waals surface area contributed by atoms with E-state index in [1.54, 1.807) is 7.11 Å². The van der Waals surface area contributed by atoms with Gasteiger partial charge in [-0.2, -0.15) is 0 Å². The van der Waals surface area contributed by atoms with Gasteiger partial charge >= 0.3 is 5.69 Å². The van der Waals surface area contributed by atoms with Crippen LogP contribution in [0.25, 0.3) is 10.9 Å². The summed E-state index contributed by atoms with van der Waals surface area (Å²) in [6, 6.07) is 13.1. The van der Waals surface area contributed by atoms with E-state index in [1.807, 2.05) is 49.4 Å². The summed E-state index contributed by atoms with van der Waals surface area (Å²) in [7, 11) is 1.57. The van der Waals surface area contributed by atoms with Crippen LogP contribution >= 0.6 is 0 Å². The van der Waals surface area contributed by atoms with Gasteiger partial charge in [-0.05, 0) is 30.2 Å². The van der Waals surface area contributed by atoms with Crippen LogP contribution in [0.1, 0.15) is 11.1 Å². The SMILES string of the molecule is COCOc1ccc(CNc2c([N+](=O)[O-])cnc3ccccc23)cc1C. The summed E-state index contributed by atoms with van der Waals surface area (Å²) in [5.41, 5.74) is 3.09. The van der Waals surface area contributed by atoms with Gasteiger partial charge in [-0.15, -0.1) is 0 Å². The molecule has 3 aromatic rings. The number of benzene rings is 2. The molecule has 0 saturated heterocycles. The fourth-order valence-electron chi connectivity index (χ4n) is 2.75. The Bertz CT molecular complexity index is 943. The van der Waals surface area contributed by atoms with Crippen LogP contribution in [0.2, 0.25) is 0 Å². The molecular formula is C19H19N3O4. The van der Waals surface area contributed by atoms with Gasteiger partial charge < -0.3 is 14.8 Å². The molecule has 1 heterocycles. The number of rotatable bonds is 7. The van der Waals surface area contributed by atoms with Gasteiger partial charge in [-0.1, -0.05) is 30.3 Å². The Morgan fingerprint density at radius 3 is 2.77 bits per heavy atom. The second-order valence-corrected chi connectivity index (χ2v) is 5.80. The van der Waals surface area contributed by atoms with Crippen molar-refractivity contribution in [2.24, 2.45) is 0 Å². The Labute approximate surface area is 150 Å². The molecule has 134 valence electrons. The molecule has 7 nitrogen and oxygen atoms in total. The lowest BCUT2D eigenvalue weighted by atomic mass is 10.1. The molecule has 0 bridgehead atoms. The maximum Gasteiger partial charge on any atom is 0.311 e. The molecular weight excluding hydrogens is 334 g/mol. The molecule has 0 aliphatic rings. The molecule has 0 unspecified atom stereocenters. The van der Waals surface area contributed by atoms with E-state index >= 15 is 0 Å². The van der Waals surface area contributed by atoms with Gasteiger partial charge in [0.15, 0.2) is 6.79 Å². The van der Waals surface area contributed by atoms with Crippen LogP contribution in [-0.2, 0) is 11.3 Å². The summed E-state index contributed by atoms with van der Waals surface area (Å²) < 4.78 is 10.4. The number of aromatic nitrogens is 1. The second kappa shape index (κ2) is 7.79. The highest BCUT2D eigenvalue weighted by Gasteiger charge is 2.17. The normalized spacial score (nSPS) is 10.7. The van der Waals surface area contributed by atoms with Crippen LogP contribution in [0.3, 0.4) is 0 Å². The third kappa shape index (κ3) is 3.73. The van der Waals surface area contributed by atoms with Crippen molar-refractivity contribution >= 4 is 22.3 Å². The van der Waals surface area contributed by atoms with Crippen molar-refractivity contribution in [1.82, 2.24) is 4.98 Å². The molecule has 26 heavy (non-hydrogen) atoms. The Hall–Kier alpha value is -3.19. The van der Waals surface area contributed by atoms with Crippen molar-refractivity contribution in [3.05, 3.63) is 69.9 Å². The summed E-state index contributed by atoms with van der Waals surface area (Å²) in [6.07, 6.45) is 1.29. The first-order chi connectivity index (χ1) is 12.6.